The van der Waals surface area contributed by atoms with Crippen molar-refractivity contribution < 1.29 is 9.53 Å². The fraction of sp³-hybridized carbons (Fsp3) is 0.562. The van der Waals surface area contributed by atoms with Crippen LogP contribution in [-0.4, -0.2) is 36.2 Å². The van der Waals surface area contributed by atoms with E-state index < -0.39 is 5.60 Å². The Kier molecular flexibility index (Phi) is 6.05. The molecule has 0 aliphatic rings. The van der Waals surface area contributed by atoms with E-state index in [-0.39, 0.29) is 12.1 Å². The normalized spacial score (nSPS) is 12.9. The van der Waals surface area contributed by atoms with E-state index in [0.717, 1.165) is 16.1 Å². The van der Waals surface area contributed by atoms with Crippen LogP contribution in [0.3, 0.4) is 0 Å². The fourth-order valence-electron chi connectivity index (χ4n) is 1.97. The summed E-state index contributed by atoms with van der Waals surface area (Å²) in [6, 6.07) is 5.71. The summed E-state index contributed by atoms with van der Waals surface area (Å²) in [7, 11) is 1.70. The number of nitrogens with two attached hydrogens (primary N) is 1. The highest BCUT2D eigenvalue weighted by molar-refractivity contribution is 6.31. The van der Waals surface area contributed by atoms with Gasteiger partial charge in [0.1, 0.15) is 5.60 Å². The van der Waals surface area contributed by atoms with Gasteiger partial charge in [-0.15, -0.1) is 0 Å². The maximum atomic E-state index is 11.9. The van der Waals surface area contributed by atoms with Gasteiger partial charge in [-0.2, -0.15) is 0 Å². The van der Waals surface area contributed by atoms with Gasteiger partial charge in [-0.25, -0.2) is 4.79 Å². The van der Waals surface area contributed by atoms with Crippen LogP contribution in [0.2, 0.25) is 5.02 Å². The number of nitrogens with zero attached hydrogens (tertiary/aromatic N) is 1. The summed E-state index contributed by atoms with van der Waals surface area (Å²) in [5, 5.41) is 0.748. The largest absolute Gasteiger partial charge is 0.444 e. The molecule has 0 radical (unpaired) electrons. The second kappa shape index (κ2) is 7.14. The van der Waals surface area contributed by atoms with Crippen LogP contribution in [0.4, 0.5) is 4.79 Å². The van der Waals surface area contributed by atoms with Crippen molar-refractivity contribution in [2.24, 2.45) is 5.73 Å². The first-order valence-corrected chi connectivity index (χ1v) is 7.41. The molecule has 0 spiro atoms. The predicted molar refractivity (Wildman–Crippen MR) is 86.7 cm³/mol. The van der Waals surface area contributed by atoms with E-state index >= 15 is 0 Å². The van der Waals surface area contributed by atoms with Crippen LogP contribution in [0.15, 0.2) is 18.2 Å². The Balaban J connectivity index is 2.54. The third kappa shape index (κ3) is 6.36. The summed E-state index contributed by atoms with van der Waals surface area (Å²) < 4.78 is 5.30. The lowest BCUT2D eigenvalue weighted by atomic mass is 10.0. The van der Waals surface area contributed by atoms with Crippen molar-refractivity contribution in [2.45, 2.75) is 45.8 Å². The lowest BCUT2D eigenvalue weighted by Crippen LogP contribution is -2.42. The Bertz CT molecular complexity index is 498. The number of benzene rings is 1. The number of hydrogen-bond donors (Lipinski definition) is 1. The third-order valence-corrected chi connectivity index (χ3v) is 3.36. The molecule has 0 saturated carbocycles. The highest BCUT2D eigenvalue weighted by Gasteiger charge is 2.21. The molecule has 21 heavy (non-hydrogen) atoms. The molecule has 118 valence electrons. The number of carbonyl (C=O) groups is 1. The number of ether oxygens (including phenoxy) is 1. The number of aryl methyl sites for hydroxylation is 1. The molecule has 0 heterocycles. The van der Waals surface area contributed by atoms with Crippen molar-refractivity contribution in [3.05, 3.63) is 34.3 Å². The van der Waals surface area contributed by atoms with Gasteiger partial charge in [0, 0.05) is 24.7 Å². The van der Waals surface area contributed by atoms with Gasteiger partial charge in [0.05, 0.1) is 0 Å². The molecule has 1 aromatic carbocycles. The van der Waals surface area contributed by atoms with E-state index in [0.29, 0.717) is 13.0 Å². The molecule has 4 nitrogen and oxygen atoms in total. The first-order valence-electron chi connectivity index (χ1n) is 7.03. The number of halogens is 1. The molecule has 5 heteroatoms. The topological polar surface area (TPSA) is 55.6 Å². The van der Waals surface area contributed by atoms with Crippen LogP contribution < -0.4 is 5.73 Å². The van der Waals surface area contributed by atoms with Gasteiger partial charge >= 0.3 is 6.09 Å². The van der Waals surface area contributed by atoms with Crippen molar-refractivity contribution in [3.63, 3.8) is 0 Å². The Morgan fingerprint density at radius 2 is 2.05 bits per heavy atom. The molecule has 0 fully saturated rings. The molecule has 1 amide bonds. The average Bonchev–Trinajstić information content (AvgIpc) is 2.31. The van der Waals surface area contributed by atoms with Gasteiger partial charge in [0.15, 0.2) is 0 Å². The first kappa shape index (κ1) is 17.8. The molecular weight excluding hydrogens is 288 g/mol. The molecule has 1 rings (SSSR count). The second-order valence-corrected chi connectivity index (χ2v) is 6.82. The molecule has 0 aromatic heterocycles. The minimum Gasteiger partial charge on any atom is -0.444 e. The Hall–Kier alpha value is -1.26. The number of hydrogen-bond acceptors (Lipinski definition) is 3. The zero-order chi connectivity index (χ0) is 16.2. The van der Waals surface area contributed by atoms with Crippen molar-refractivity contribution in [1.29, 1.82) is 0 Å². The molecule has 1 unspecified atom stereocenters. The molecule has 0 aliphatic carbocycles. The molecule has 1 atom stereocenters. The van der Waals surface area contributed by atoms with E-state index in [4.69, 9.17) is 22.1 Å². The smallest absolute Gasteiger partial charge is 0.410 e. The number of rotatable bonds is 4. The summed E-state index contributed by atoms with van der Waals surface area (Å²) in [5.41, 5.74) is 7.76. The lowest BCUT2D eigenvalue weighted by Gasteiger charge is -2.26. The summed E-state index contributed by atoms with van der Waals surface area (Å²) in [4.78, 5) is 13.4. The summed E-state index contributed by atoms with van der Waals surface area (Å²) >= 11 is 6.00. The van der Waals surface area contributed by atoms with Gasteiger partial charge in [0.25, 0.3) is 0 Å². The van der Waals surface area contributed by atoms with Gasteiger partial charge in [-0.1, -0.05) is 23.7 Å². The standard InChI is InChI=1S/C16H25ClN2O2/c1-11-8-12(6-7-14(11)17)9-13(18)10-19(5)15(20)21-16(2,3)4/h6-8,13H,9-10,18H2,1-5H3. The van der Waals surface area contributed by atoms with Crippen LogP contribution in [0.5, 0.6) is 0 Å². The molecule has 2 N–H and O–H groups in total. The van der Waals surface area contributed by atoms with Gasteiger partial charge in [-0.3, -0.25) is 0 Å². The lowest BCUT2D eigenvalue weighted by molar-refractivity contribution is 0.0289. The van der Waals surface area contributed by atoms with E-state index in [2.05, 4.69) is 0 Å². The van der Waals surface area contributed by atoms with E-state index in [9.17, 15) is 4.79 Å². The number of carbonyl (C=O) groups excluding carboxylic acids is 1. The Morgan fingerprint density at radius 3 is 2.57 bits per heavy atom. The minimum atomic E-state index is -0.497. The van der Waals surface area contributed by atoms with Crippen LogP contribution in [0, 0.1) is 6.92 Å². The molecule has 0 saturated heterocycles. The molecule has 0 bridgehead atoms. The van der Waals surface area contributed by atoms with Crippen molar-refractivity contribution in [1.82, 2.24) is 4.90 Å². The molecule has 1 aromatic rings. The maximum absolute atomic E-state index is 11.9. The van der Waals surface area contributed by atoms with Crippen molar-refractivity contribution in [2.75, 3.05) is 13.6 Å². The van der Waals surface area contributed by atoms with Crippen molar-refractivity contribution in [3.8, 4) is 0 Å². The Labute approximate surface area is 132 Å². The SMILES string of the molecule is Cc1cc(CC(N)CN(C)C(=O)OC(C)(C)C)ccc1Cl. The average molecular weight is 313 g/mol. The summed E-state index contributed by atoms with van der Waals surface area (Å²) in [6.07, 6.45) is 0.329. The van der Waals surface area contributed by atoms with Crippen LogP contribution in [0.25, 0.3) is 0 Å². The zero-order valence-corrected chi connectivity index (χ0v) is 14.2. The number of amides is 1. The zero-order valence-electron chi connectivity index (χ0n) is 13.4. The quantitative estimate of drug-likeness (QED) is 0.927. The summed E-state index contributed by atoms with van der Waals surface area (Å²) in [6.45, 7) is 7.93. The third-order valence-electron chi connectivity index (χ3n) is 2.93. The highest BCUT2D eigenvalue weighted by Crippen LogP contribution is 2.17. The summed E-state index contributed by atoms with van der Waals surface area (Å²) in [5.74, 6) is 0. The maximum Gasteiger partial charge on any atom is 0.410 e. The Morgan fingerprint density at radius 1 is 1.43 bits per heavy atom. The van der Waals surface area contributed by atoms with Crippen LogP contribution >= 0.6 is 11.6 Å². The predicted octanol–water partition coefficient (Wildman–Crippen LogP) is 3.39. The second-order valence-electron chi connectivity index (χ2n) is 6.41. The van der Waals surface area contributed by atoms with Crippen molar-refractivity contribution >= 4 is 17.7 Å². The minimum absolute atomic E-state index is 0.150. The van der Waals surface area contributed by atoms with Gasteiger partial charge in [0.2, 0.25) is 0 Å². The monoisotopic (exact) mass is 312 g/mol. The van der Waals surface area contributed by atoms with E-state index in [1.165, 1.54) is 4.90 Å². The van der Waals surface area contributed by atoms with Crippen LogP contribution in [-0.2, 0) is 11.2 Å². The fourth-order valence-corrected chi connectivity index (χ4v) is 2.08. The molecule has 0 aliphatic heterocycles. The van der Waals surface area contributed by atoms with Crippen LogP contribution in [0.1, 0.15) is 31.9 Å². The first-order chi connectivity index (χ1) is 9.58. The number of likely N-dealkylation sites (N-methyl/N-ethyl adjacent to an activating group) is 1. The van der Waals surface area contributed by atoms with Gasteiger partial charge < -0.3 is 15.4 Å². The van der Waals surface area contributed by atoms with Gasteiger partial charge in [-0.05, 0) is 51.3 Å². The van der Waals surface area contributed by atoms with E-state index in [1.54, 1.807) is 7.05 Å². The highest BCUT2D eigenvalue weighted by atomic mass is 35.5. The molecular formula is C16H25ClN2O2. The van der Waals surface area contributed by atoms with E-state index in [1.807, 2.05) is 45.9 Å².